The number of nitrogens with zero attached hydrogens (tertiary/aromatic N) is 1. The fourth-order valence-electron chi connectivity index (χ4n) is 3.14. The fraction of sp³-hybridized carbons (Fsp3) is 0.421. The Balaban J connectivity index is 1.71. The van der Waals surface area contributed by atoms with Crippen molar-refractivity contribution in [3.05, 3.63) is 34.9 Å². The van der Waals surface area contributed by atoms with Crippen molar-refractivity contribution in [1.82, 2.24) is 10.2 Å². The van der Waals surface area contributed by atoms with Gasteiger partial charge in [-0.1, -0.05) is 11.8 Å². The lowest BCUT2D eigenvalue weighted by molar-refractivity contribution is -0.136. The van der Waals surface area contributed by atoms with Gasteiger partial charge in [0.25, 0.3) is 5.91 Å². The van der Waals surface area contributed by atoms with Crippen LogP contribution in [0.1, 0.15) is 53.6 Å². The molecule has 3 rings (SSSR count). The van der Waals surface area contributed by atoms with Crippen molar-refractivity contribution >= 4 is 17.7 Å². The van der Waals surface area contributed by atoms with Crippen LogP contribution in [-0.2, 0) is 16.1 Å². The molecule has 3 amide bonds. The molecule has 0 radical (unpaired) electrons. The largest absolute Gasteiger partial charge is 0.396 e. The van der Waals surface area contributed by atoms with Crippen molar-refractivity contribution in [3.63, 3.8) is 0 Å². The van der Waals surface area contributed by atoms with Crippen molar-refractivity contribution in [2.24, 2.45) is 0 Å². The van der Waals surface area contributed by atoms with Crippen LogP contribution in [0.2, 0.25) is 0 Å². The molecule has 0 saturated carbocycles. The number of aliphatic hydroxyl groups excluding tert-OH is 1. The number of fused-ring (bicyclic) bond motifs is 1. The van der Waals surface area contributed by atoms with Crippen LogP contribution < -0.4 is 5.32 Å². The van der Waals surface area contributed by atoms with Crippen molar-refractivity contribution in [1.29, 1.82) is 0 Å². The second-order valence-corrected chi connectivity index (χ2v) is 6.25. The van der Waals surface area contributed by atoms with E-state index in [4.69, 9.17) is 5.11 Å². The van der Waals surface area contributed by atoms with Crippen molar-refractivity contribution < 1.29 is 19.5 Å². The molecule has 0 aromatic heterocycles. The molecular formula is C19H20N2O4. The Hall–Kier alpha value is -2.65. The highest BCUT2D eigenvalue weighted by molar-refractivity contribution is 6.05. The summed E-state index contributed by atoms with van der Waals surface area (Å²) >= 11 is 0. The van der Waals surface area contributed by atoms with E-state index >= 15 is 0 Å². The lowest BCUT2D eigenvalue weighted by Crippen LogP contribution is -2.52. The van der Waals surface area contributed by atoms with Crippen LogP contribution in [0.4, 0.5) is 0 Å². The molecule has 6 nitrogen and oxygen atoms in total. The Kier molecular flexibility index (Phi) is 5.15. The zero-order valence-corrected chi connectivity index (χ0v) is 13.9. The molecule has 6 heteroatoms. The Morgan fingerprint density at radius 3 is 2.84 bits per heavy atom. The maximum absolute atomic E-state index is 12.6. The molecule has 1 aromatic carbocycles. The molecule has 2 aliphatic heterocycles. The average Bonchev–Trinajstić information content (AvgIpc) is 2.91. The molecule has 130 valence electrons. The number of carbonyl (C=O) groups excluding carboxylic acids is 3. The summed E-state index contributed by atoms with van der Waals surface area (Å²) in [5.74, 6) is 5.27. The highest BCUT2D eigenvalue weighted by Crippen LogP contribution is 2.28. The van der Waals surface area contributed by atoms with Gasteiger partial charge >= 0.3 is 0 Å². The number of unbranched alkanes of at least 4 members (excludes halogenated alkanes) is 2. The van der Waals surface area contributed by atoms with Gasteiger partial charge in [-0.15, -0.1) is 0 Å². The van der Waals surface area contributed by atoms with Gasteiger partial charge in [-0.3, -0.25) is 19.7 Å². The first-order chi connectivity index (χ1) is 12.1. The molecule has 1 atom stereocenters. The summed E-state index contributed by atoms with van der Waals surface area (Å²) in [4.78, 5) is 37.4. The van der Waals surface area contributed by atoms with E-state index in [0.29, 0.717) is 18.5 Å². The molecule has 1 saturated heterocycles. The number of imide groups is 1. The number of rotatable bonds is 4. The maximum atomic E-state index is 12.6. The van der Waals surface area contributed by atoms with Crippen LogP contribution in [0, 0.1) is 11.8 Å². The SMILES string of the molecule is O=C1CCC(N2Cc3cc(C#CCCCCO)ccc3C2=O)C(=O)N1. The van der Waals surface area contributed by atoms with Crippen LogP contribution in [0.15, 0.2) is 18.2 Å². The number of carbonyl (C=O) groups is 3. The minimum Gasteiger partial charge on any atom is -0.396 e. The van der Waals surface area contributed by atoms with Crippen molar-refractivity contribution in [3.8, 4) is 11.8 Å². The van der Waals surface area contributed by atoms with E-state index < -0.39 is 11.9 Å². The highest BCUT2D eigenvalue weighted by Gasteiger charge is 2.38. The quantitative estimate of drug-likeness (QED) is 0.486. The first-order valence-corrected chi connectivity index (χ1v) is 8.47. The number of hydrogen-bond acceptors (Lipinski definition) is 4. The van der Waals surface area contributed by atoms with Gasteiger partial charge in [0.1, 0.15) is 6.04 Å². The van der Waals surface area contributed by atoms with E-state index in [1.807, 2.05) is 12.1 Å². The summed E-state index contributed by atoms with van der Waals surface area (Å²) in [6, 6.07) is 4.86. The van der Waals surface area contributed by atoms with E-state index in [1.165, 1.54) is 4.90 Å². The number of hydrogen-bond donors (Lipinski definition) is 2. The minimum atomic E-state index is -0.592. The Morgan fingerprint density at radius 1 is 1.24 bits per heavy atom. The lowest BCUT2D eigenvalue weighted by Gasteiger charge is -2.29. The highest BCUT2D eigenvalue weighted by atomic mass is 16.3. The predicted octanol–water partition coefficient (Wildman–Crippen LogP) is 0.962. The van der Waals surface area contributed by atoms with Gasteiger partial charge < -0.3 is 10.0 Å². The number of aliphatic hydroxyl groups is 1. The maximum Gasteiger partial charge on any atom is 0.255 e. The zero-order chi connectivity index (χ0) is 17.8. The van der Waals surface area contributed by atoms with Crippen LogP contribution in [0.5, 0.6) is 0 Å². The van der Waals surface area contributed by atoms with E-state index in [1.54, 1.807) is 6.07 Å². The topological polar surface area (TPSA) is 86.7 Å². The van der Waals surface area contributed by atoms with Gasteiger partial charge in [0, 0.05) is 37.1 Å². The fourth-order valence-corrected chi connectivity index (χ4v) is 3.14. The molecule has 0 aliphatic carbocycles. The molecule has 1 fully saturated rings. The number of piperidine rings is 1. The lowest BCUT2D eigenvalue weighted by atomic mass is 10.0. The summed E-state index contributed by atoms with van der Waals surface area (Å²) in [6.45, 7) is 0.541. The Labute approximate surface area is 146 Å². The molecule has 25 heavy (non-hydrogen) atoms. The van der Waals surface area contributed by atoms with Gasteiger partial charge in [-0.25, -0.2) is 0 Å². The molecule has 1 aromatic rings. The third-order valence-electron chi connectivity index (χ3n) is 4.47. The third-order valence-corrected chi connectivity index (χ3v) is 4.47. The molecule has 0 bridgehead atoms. The summed E-state index contributed by atoms with van der Waals surface area (Å²) < 4.78 is 0. The smallest absolute Gasteiger partial charge is 0.255 e. The number of benzene rings is 1. The van der Waals surface area contributed by atoms with E-state index in [0.717, 1.165) is 30.4 Å². The van der Waals surface area contributed by atoms with Gasteiger partial charge in [0.15, 0.2) is 0 Å². The molecule has 2 N–H and O–H groups in total. The first kappa shape index (κ1) is 17.2. The van der Waals surface area contributed by atoms with Crippen LogP contribution in [0.3, 0.4) is 0 Å². The van der Waals surface area contributed by atoms with Gasteiger partial charge in [0.2, 0.25) is 11.8 Å². The Morgan fingerprint density at radius 2 is 2.08 bits per heavy atom. The van der Waals surface area contributed by atoms with E-state index in [2.05, 4.69) is 17.2 Å². The summed E-state index contributed by atoms with van der Waals surface area (Å²) in [5, 5.41) is 11.0. The Bertz CT molecular complexity index is 775. The van der Waals surface area contributed by atoms with Gasteiger partial charge in [0.05, 0.1) is 0 Å². The summed E-state index contributed by atoms with van der Waals surface area (Å²) in [6.07, 6.45) is 2.94. The molecule has 2 heterocycles. The first-order valence-electron chi connectivity index (χ1n) is 8.47. The summed E-state index contributed by atoms with van der Waals surface area (Å²) in [5.41, 5.74) is 2.29. The van der Waals surface area contributed by atoms with Crippen molar-refractivity contribution in [2.75, 3.05) is 6.61 Å². The van der Waals surface area contributed by atoms with E-state index in [9.17, 15) is 14.4 Å². The monoisotopic (exact) mass is 340 g/mol. The van der Waals surface area contributed by atoms with Crippen LogP contribution in [-0.4, -0.2) is 40.4 Å². The van der Waals surface area contributed by atoms with Crippen LogP contribution in [0.25, 0.3) is 0 Å². The molecular weight excluding hydrogens is 320 g/mol. The number of amides is 3. The standard InChI is InChI=1S/C19H20N2O4/c22-10-4-2-1-3-5-13-6-7-15-14(11-13)12-21(19(15)25)16-8-9-17(23)20-18(16)24/h6-7,11,16,22H,1-2,4,8-10,12H2,(H,20,23,24). The molecule has 0 spiro atoms. The zero-order valence-electron chi connectivity index (χ0n) is 13.9. The third kappa shape index (κ3) is 3.72. The van der Waals surface area contributed by atoms with Crippen molar-refractivity contribution in [2.45, 2.75) is 44.7 Å². The number of nitrogens with one attached hydrogen (secondary N) is 1. The van der Waals surface area contributed by atoms with Gasteiger partial charge in [-0.05, 0) is 43.0 Å². The minimum absolute atomic E-state index is 0.174. The second kappa shape index (κ2) is 7.49. The summed E-state index contributed by atoms with van der Waals surface area (Å²) in [7, 11) is 0. The molecule has 1 unspecified atom stereocenters. The predicted molar refractivity (Wildman–Crippen MR) is 90.3 cm³/mol. The van der Waals surface area contributed by atoms with Crippen LogP contribution >= 0.6 is 0 Å². The van der Waals surface area contributed by atoms with Gasteiger partial charge in [-0.2, -0.15) is 0 Å². The second-order valence-electron chi connectivity index (χ2n) is 6.25. The average molecular weight is 340 g/mol. The normalized spacial score (nSPS) is 19.3. The van der Waals surface area contributed by atoms with E-state index in [-0.39, 0.29) is 24.8 Å². The molecule has 2 aliphatic rings.